The van der Waals surface area contributed by atoms with Gasteiger partial charge in [0.05, 0.1) is 12.5 Å². The van der Waals surface area contributed by atoms with E-state index in [9.17, 15) is 22.0 Å². The second kappa shape index (κ2) is 5.51. The molecule has 0 radical (unpaired) electrons. The van der Waals surface area contributed by atoms with Gasteiger partial charge in [0.2, 0.25) is 5.88 Å². The first-order valence-corrected chi connectivity index (χ1v) is 6.04. The molecule has 1 aliphatic heterocycles. The van der Waals surface area contributed by atoms with Crippen molar-refractivity contribution in [3.63, 3.8) is 0 Å². The maximum Gasteiger partial charge on any atom is 0.433 e. The Morgan fingerprint density at radius 1 is 1.35 bits per heavy atom. The largest absolute Gasteiger partial charge is 0.477 e. The highest BCUT2D eigenvalue weighted by Crippen LogP contribution is 2.32. The summed E-state index contributed by atoms with van der Waals surface area (Å²) in [6.07, 6.45) is -4.90. The van der Waals surface area contributed by atoms with E-state index in [4.69, 9.17) is 4.74 Å². The van der Waals surface area contributed by atoms with Gasteiger partial charge in [-0.2, -0.15) is 13.2 Å². The summed E-state index contributed by atoms with van der Waals surface area (Å²) in [5.74, 6) is -4.26. The quantitative estimate of drug-likeness (QED) is 0.871. The molecule has 20 heavy (non-hydrogen) atoms. The van der Waals surface area contributed by atoms with Gasteiger partial charge in [0.25, 0.3) is 5.92 Å². The van der Waals surface area contributed by atoms with E-state index in [-0.39, 0.29) is 32.0 Å². The molecule has 1 N–H and O–H groups in total. The van der Waals surface area contributed by atoms with Crippen LogP contribution in [0.5, 0.6) is 5.88 Å². The number of halogens is 5. The lowest BCUT2D eigenvalue weighted by atomic mass is 9.96. The van der Waals surface area contributed by atoms with E-state index >= 15 is 0 Å². The third kappa shape index (κ3) is 3.56. The number of rotatable bonds is 3. The highest BCUT2D eigenvalue weighted by molar-refractivity contribution is 5.17. The van der Waals surface area contributed by atoms with Crippen molar-refractivity contribution in [2.75, 3.05) is 19.7 Å². The van der Waals surface area contributed by atoms with Gasteiger partial charge in [-0.05, 0) is 6.07 Å². The van der Waals surface area contributed by atoms with Crippen LogP contribution in [0.4, 0.5) is 22.0 Å². The summed E-state index contributed by atoms with van der Waals surface area (Å²) < 4.78 is 69.3. The summed E-state index contributed by atoms with van der Waals surface area (Å²) in [6, 6.07) is 3.13. The number of hydrogen-bond donors (Lipinski definition) is 1. The molecule has 1 atom stereocenters. The number of alkyl halides is 5. The van der Waals surface area contributed by atoms with Gasteiger partial charge in [0.1, 0.15) is 5.69 Å². The van der Waals surface area contributed by atoms with E-state index < -0.39 is 23.7 Å². The Hall–Kier alpha value is -1.44. The lowest BCUT2D eigenvalue weighted by Crippen LogP contribution is -2.47. The van der Waals surface area contributed by atoms with Crippen LogP contribution in [0.3, 0.4) is 0 Å². The summed E-state index contributed by atoms with van der Waals surface area (Å²) in [4.78, 5) is 3.26. The van der Waals surface area contributed by atoms with Gasteiger partial charge in [-0.3, -0.25) is 0 Å². The van der Waals surface area contributed by atoms with Crippen LogP contribution >= 0.6 is 0 Å². The topological polar surface area (TPSA) is 34.1 Å². The van der Waals surface area contributed by atoms with Crippen LogP contribution in [0.2, 0.25) is 0 Å². The van der Waals surface area contributed by atoms with Crippen molar-refractivity contribution in [1.82, 2.24) is 10.3 Å². The van der Waals surface area contributed by atoms with Gasteiger partial charge >= 0.3 is 6.18 Å². The molecule has 3 nitrogen and oxygen atoms in total. The summed E-state index contributed by atoms with van der Waals surface area (Å²) in [6.45, 7) is -0.106. The normalized spacial score (nSPS) is 22.6. The fourth-order valence-corrected chi connectivity index (χ4v) is 1.90. The zero-order chi connectivity index (χ0) is 14.8. The van der Waals surface area contributed by atoms with Crippen LogP contribution in [0, 0.1) is 5.92 Å². The van der Waals surface area contributed by atoms with E-state index in [1.54, 1.807) is 0 Å². The van der Waals surface area contributed by atoms with Gasteiger partial charge < -0.3 is 10.1 Å². The smallest absolute Gasteiger partial charge is 0.433 e. The van der Waals surface area contributed by atoms with E-state index in [0.717, 1.165) is 12.1 Å². The second-order valence-corrected chi connectivity index (χ2v) is 4.58. The summed E-state index contributed by atoms with van der Waals surface area (Å²) in [5.41, 5.74) is -1.11. The molecule has 0 aliphatic carbocycles. The average molecular weight is 296 g/mol. The van der Waals surface area contributed by atoms with Crippen molar-refractivity contribution in [3.8, 4) is 5.88 Å². The highest BCUT2D eigenvalue weighted by Gasteiger charge is 2.42. The zero-order valence-corrected chi connectivity index (χ0v) is 10.4. The second-order valence-electron chi connectivity index (χ2n) is 4.58. The fourth-order valence-electron chi connectivity index (χ4n) is 1.90. The Morgan fingerprint density at radius 2 is 2.10 bits per heavy atom. The molecule has 1 aromatic heterocycles. The number of aromatic nitrogens is 1. The molecule has 0 aromatic carbocycles. The minimum atomic E-state index is -4.59. The molecule has 1 unspecified atom stereocenters. The number of hydrogen-bond acceptors (Lipinski definition) is 3. The van der Waals surface area contributed by atoms with Crippen molar-refractivity contribution in [3.05, 3.63) is 23.9 Å². The molecule has 0 saturated carbocycles. The average Bonchev–Trinajstić information content (AvgIpc) is 2.36. The number of nitrogens with zero attached hydrogens (tertiary/aromatic N) is 1. The zero-order valence-electron chi connectivity index (χ0n) is 10.4. The Labute approximate surface area is 112 Å². The predicted octanol–water partition coefficient (Wildman–Crippen LogP) is 2.72. The molecule has 2 heterocycles. The molecular formula is C12H13F5N2O. The first kappa shape index (κ1) is 15.0. The number of piperidine rings is 1. The van der Waals surface area contributed by atoms with Gasteiger partial charge in [0.15, 0.2) is 0 Å². The molecule has 1 fully saturated rings. The molecule has 1 aromatic rings. The third-order valence-electron chi connectivity index (χ3n) is 3.07. The molecule has 0 amide bonds. The molecule has 0 bridgehead atoms. The number of ether oxygens (including phenoxy) is 1. The summed E-state index contributed by atoms with van der Waals surface area (Å²) in [5, 5.41) is 2.80. The Morgan fingerprint density at radius 3 is 2.75 bits per heavy atom. The minimum Gasteiger partial charge on any atom is -0.477 e. The first-order chi connectivity index (χ1) is 9.29. The monoisotopic (exact) mass is 296 g/mol. The van der Waals surface area contributed by atoms with Gasteiger partial charge in [0, 0.05) is 25.6 Å². The van der Waals surface area contributed by atoms with Gasteiger partial charge in [-0.15, -0.1) is 0 Å². The number of pyridine rings is 1. The van der Waals surface area contributed by atoms with Crippen LogP contribution in [0.25, 0.3) is 0 Å². The predicted molar refractivity (Wildman–Crippen MR) is 60.7 cm³/mol. The van der Waals surface area contributed by atoms with Crippen molar-refractivity contribution in [2.24, 2.45) is 5.92 Å². The Balaban J connectivity index is 2.00. The van der Waals surface area contributed by atoms with E-state index in [1.807, 2.05) is 0 Å². The molecule has 112 valence electrons. The van der Waals surface area contributed by atoms with Crippen LogP contribution in [-0.2, 0) is 6.18 Å². The lowest BCUT2D eigenvalue weighted by Gasteiger charge is -2.31. The van der Waals surface area contributed by atoms with E-state index in [1.165, 1.54) is 6.07 Å². The molecule has 1 aliphatic rings. The Bertz CT molecular complexity index is 463. The molecule has 0 spiro atoms. The standard InChI is InChI=1S/C12H13F5N2O/c13-11(14)4-5-18-6-8(11)7-20-10-3-1-2-9(19-10)12(15,16)17/h1-3,8,18H,4-7H2. The van der Waals surface area contributed by atoms with Crippen LogP contribution in [0.1, 0.15) is 12.1 Å². The summed E-state index contributed by atoms with van der Waals surface area (Å²) in [7, 11) is 0. The van der Waals surface area contributed by atoms with Gasteiger partial charge in [-0.1, -0.05) is 6.07 Å². The number of nitrogens with one attached hydrogen (secondary N) is 1. The highest BCUT2D eigenvalue weighted by atomic mass is 19.4. The molecule has 8 heteroatoms. The van der Waals surface area contributed by atoms with E-state index in [2.05, 4.69) is 10.3 Å². The fraction of sp³-hybridized carbons (Fsp3) is 0.583. The summed E-state index contributed by atoms with van der Waals surface area (Å²) >= 11 is 0. The third-order valence-corrected chi connectivity index (χ3v) is 3.07. The van der Waals surface area contributed by atoms with Crippen LogP contribution in [0.15, 0.2) is 18.2 Å². The minimum absolute atomic E-state index is 0.0615. The van der Waals surface area contributed by atoms with Crippen LogP contribution < -0.4 is 10.1 Å². The Kier molecular flexibility index (Phi) is 4.12. The first-order valence-electron chi connectivity index (χ1n) is 6.04. The van der Waals surface area contributed by atoms with E-state index in [0.29, 0.717) is 0 Å². The van der Waals surface area contributed by atoms with Crippen molar-refractivity contribution in [1.29, 1.82) is 0 Å². The van der Waals surface area contributed by atoms with Crippen molar-refractivity contribution >= 4 is 0 Å². The lowest BCUT2D eigenvalue weighted by molar-refractivity contribution is -0.141. The molecular weight excluding hydrogens is 283 g/mol. The maximum atomic E-state index is 13.5. The van der Waals surface area contributed by atoms with Crippen molar-refractivity contribution < 1.29 is 26.7 Å². The SMILES string of the molecule is FC(F)(F)c1cccc(OCC2CNCCC2(F)F)n1. The maximum absolute atomic E-state index is 13.5. The van der Waals surface area contributed by atoms with Gasteiger partial charge in [-0.25, -0.2) is 13.8 Å². The molecule has 1 saturated heterocycles. The molecule has 2 rings (SSSR count). The van der Waals surface area contributed by atoms with Crippen LogP contribution in [-0.4, -0.2) is 30.6 Å². The van der Waals surface area contributed by atoms with Crippen molar-refractivity contribution in [2.45, 2.75) is 18.5 Å².